The van der Waals surface area contributed by atoms with Gasteiger partial charge in [-0.25, -0.2) is 4.98 Å². The van der Waals surface area contributed by atoms with Gasteiger partial charge in [0.05, 0.1) is 18.2 Å². The summed E-state index contributed by atoms with van der Waals surface area (Å²) in [5, 5.41) is 0. The molecule has 1 heterocycles. The van der Waals surface area contributed by atoms with E-state index >= 15 is 0 Å². The van der Waals surface area contributed by atoms with Crippen LogP contribution < -0.4 is 13.7 Å². The number of halogens is 6. The zero-order valence-electron chi connectivity index (χ0n) is 17.4. The third-order valence-corrected chi connectivity index (χ3v) is 4.49. The smallest absolute Gasteiger partial charge is 0.467 e. The molecule has 2 aromatic carbocycles. The van der Waals surface area contributed by atoms with Crippen molar-refractivity contribution in [3.05, 3.63) is 48.0 Å². The first-order valence-electron chi connectivity index (χ1n) is 9.17. The van der Waals surface area contributed by atoms with Crippen LogP contribution in [0, 0.1) is 0 Å². The Balaban J connectivity index is 2.07. The van der Waals surface area contributed by atoms with E-state index in [4.69, 9.17) is 14.2 Å². The van der Waals surface area contributed by atoms with Crippen molar-refractivity contribution in [1.82, 2.24) is 15.0 Å². The Morgan fingerprint density at radius 3 is 2.12 bits per heavy atom. The lowest BCUT2D eigenvalue weighted by Crippen LogP contribution is -2.11. The van der Waals surface area contributed by atoms with Crippen molar-refractivity contribution in [2.45, 2.75) is 11.7 Å². The van der Waals surface area contributed by atoms with E-state index in [2.05, 4.69) is 19.1 Å². The number of rotatable bonds is 8. The van der Waals surface area contributed by atoms with Crippen LogP contribution in [-0.4, -0.2) is 41.5 Å². The monoisotopic (exact) mass is 507 g/mol. The number of benzene rings is 2. The summed E-state index contributed by atoms with van der Waals surface area (Å²) in [6.07, 6.45) is -4.77. The van der Waals surface area contributed by atoms with Gasteiger partial charge in [-0.1, -0.05) is 6.07 Å². The van der Waals surface area contributed by atoms with Crippen LogP contribution in [0.4, 0.5) is 26.3 Å². The predicted octanol–water partition coefficient (Wildman–Crippen LogP) is 5.76. The van der Waals surface area contributed by atoms with E-state index in [1.165, 1.54) is 44.6 Å². The number of alkyl halides is 6. The first-order valence-corrected chi connectivity index (χ1v) is 9.91. The molecule has 3 rings (SSSR count). The third kappa shape index (κ3) is 6.41. The minimum atomic E-state index is -4.77. The first kappa shape index (κ1) is 25.4. The predicted molar refractivity (Wildman–Crippen MR) is 109 cm³/mol. The molecule has 0 atom stereocenters. The molecule has 0 unspecified atom stereocenters. The van der Waals surface area contributed by atoms with Crippen LogP contribution in [0.5, 0.6) is 17.5 Å². The summed E-state index contributed by atoms with van der Waals surface area (Å²) in [6.45, 7) is -0.333. The minimum Gasteiger partial charge on any atom is -0.467 e. The quantitative estimate of drug-likeness (QED) is 0.216. The van der Waals surface area contributed by atoms with Gasteiger partial charge in [0, 0.05) is 12.7 Å². The first-order chi connectivity index (χ1) is 16.0. The zero-order valence-corrected chi connectivity index (χ0v) is 18.2. The second-order valence-electron chi connectivity index (χ2n) is 6.33. The van der Waals surface area contributed by atoms with Crippen LogP contribution in [0.2, 0.25) is 0 Å². The molecule has 0 bridgehead atoms. The Bertz CT molecular complexity index is 1130. The van der Waals surface area contributed by atoms with Gasteiger partial charge < -0.3 is 18.4 Å². The molecule has 0 aliphatic carbocycles. The van der Waals surface area contributed by atoms with E-state index in [0.717, 1.165) is 12.1 Å². The molecule has 0 aliphatic rings. The molecule has 0 fully saturated rings. The van der Waals surface area contributed by atoms with Crippen LogP contribution in [0.25, 0.3) is 22.8 Å². The summed E-state index contributed by atoms with van der Waals surface area (Å²) in [4.78, 5) is 12.1. The molecule has 14 heteroatoms. The maximum Gasteiger partial charge on any atom is 0.479 e. The Morgan fingerprint density at radius 1 is 0.853 bits per heavy atom. The highest BCUT2D eigenvalue weighted by Crippen LogP contribution is 2.41. The third-order valence-electron chi connectivity index (χ3n) is 4.03. The van der Waals surface area contributed by atoms with E-state index in [-0.39, 0.29) is 35.7 Å². The van der Waals surface area contributed by atoms with Crippen LogP contribution >= 0.6 is 12.0 Å². The Morgan fingerprint density at radius 2 is 1.53 bits per heavy atom. The molecule has 0 saturated heterocycles. The van der Waals surface area contributed by atoms with Gasteiger partial charge >= 0.3 is 17.7 Å². The average molecular weight is 507 g/mol. The molecule has 182 valence electrons. The minimum absolute atomic E-state index is 0.0912. The Kier molecular flexibility index (Phi) is 7.71. The lowest BCUT2D eigenvalue weighted by molar-refractivity contribution is -0.137. The van der Waals surface area contributed by atoms with Crippen molar-refractivity contribution in [1.29, 1.82) is 0 Å². The van der Waals surface area contributed by atoms with Crippen molar-refractivity contribution < 1.29 is 44.7 Å². The number of hydrogen-bond acceptors (Lipinski definition) is 8. The molecule has 0 N–H and O–H groups in total. The van der Waals surface area contributed by atoms with Crippen molar-refractivity contribution in [3.63, 3.8) is 0 Å². The van der Waals surface area contributed by atoms with E-state index < -0.39 is 40.7 Å². The summed E-state index contributed by atoms with van der Waals surface area (Å²) >= 11 is -0.686. The normalized spacial score (nSPS) is 11.9. The maximum atomic E-state index is 13.8. The summed E-state index contributed by atoms with van der Waals surface area (Å²) in [5.41, 5.74) is -5.86. The number of nitrogens with zero attached hydrogens (tertiary/aromatic N) is 3. The zero-order chi connectivity index (χ0) is 24.9. The molecule has 0 radical (unpaired) electrons. The number of ether oxygens (including phenoxy) is 3. The molecule has 7 nitrogen and oxygen atoms in total. The largest absolute Gasteiger partial charge is 0.479 e. The van der Waals surface area contributed by atoms with Gasteiger partial charge in [-0.05, 0) is 36.4 Å². The van der Waals surface area contributed by atoms with Gasteiger partial charge in [0.15, 0.2) is 30.5 Å². The molecule has 0 aliphatic heterocycles. The summed E-state index contributed by atoms with van der Waals surface area (Å²) < 4.78 is 97.8. The number of methoxy groups -OCH3 is 2. The van der Waals surface area contributed by atoms with E-state index in [1.54, 1.807) is 0 Å². The highest BCUT2D eigenvalue weighted by molar-refractivity contribution is 7.95. The lowest BCUT2D eigenvalue weighted by atomic mass is 10.0. The van der Waals surface area contributed by atoms with Gasteiger partial charge in [0.2, 0.25) is 0 Å². The molecule has 0 amide bonds. The lowest BCUT2D eigenvalue weighted by Gasteiger charge is -2.17. The van der Waals surface area contributed by atoms with Crippen molar-refractivity contribution in [2.75, 3.05) is 21.0 Å². The molecule has 0 saturated carbocycles. The second-order valence-corrected chi connectivity index (χ2v) is 7.13. The molecule has 1 aromatic heterocycles. The van der Waals surface area contributed by atoms with E-state index in [9.17, 15) is 26.3 Å². The highest BCUT2D eigenvalue weighted by Gasteiger charge is 2.36. The summed E-state index contributed by atoms with van der Waals surface area (Å²) in [6, 6.07) is 8.13. The molecule has 34 heavy (non-hydrogen) atoms. The fourth-order valence-electron chi connectivity index (χ4n) is 2.68. The van der Waals surface area contributed by atoms with Crippen molar-refractivity contribution in [2.24, 2.45) is 0 Å². The van der Waals surface area contributed by atoms with Crippen LogP contribution in [-0.2, 0) is 10.9 Å². The second kappa shape index (κ2) is 10.3. The molecule has 3 aromatic rings. The molecular weight excluding hydrogens is 492 g/mol. The van der Waals surface area contributed by atoms with E-state index in [0.29, 0.717) is 0 Å². The van der Waals surface area contributed by atoms with Gasteiger partial charge in [0.25, 0.3) is 0 Å². The Labute approximate surface area is 193 Å². The average Bonchev–Trinajstić information content (AvgIpc) is 2.80. The maximum absolute atomic E-state index is 13.8. The standard InChI is InChI=1S/C20H15F6N3O4S/c1-30-10-32-14-5-3-4-13(19(21,22)23)15(14)17-27-16(28-18(29-17)31-2)11-6-8-12(9-7-11)33-34-20(24,25)26/h3-9H,10H2,1-2H3. The SMILES string of the molecule is COCOc1cccc(C(F)(F)F)c1-c1nc(OC)nc(-c2ccc(OSC(F)(F)F)cc2)n1. The van der Waals surface area contributed by atoms with Gasteiger partial charge in [-0.3, -0.25) is 0 Å². The van der Waals surface area contributed by atoms with Gasteiger partial charge in [0.1, 0.15) is 11.5 Å². The van der Waals surface area contributed by atoms with Crippen molar-refractivity contribution >= 4 is 12.0 Å². The van der Waals surface area contributed by atoms with Crippen molar-refractivity contribution in [3.8, 4) is 40.3 Å². The van der Waals surface area contributed by atoms with E-state index in [1.807, 2.05) is 0 Å². The summed E-state index contributed by atoms with van der Waals surface area (Å²) in [7, 11) is 2.52. The van der Waals surface area contributed by atoms with Crippen LogP contribution in [0.1, 0.15) is 5.56 Å². The van der Waals surface area contributed by atoms with Crippen LogP contribution in [0.3, 0.4) is 0 Å². The highest BCUT2D eigenvalue weighted by atomic mass is 32.2. The fourth-order valence-corrected chi connectivity index (χ4v) is 2.99. The number of aromatic nitrogens is 3. The molecular formula is C20H15F6N3O4S. The Hall–Kier alpha value is -3.26. The van der Waals surface area contributed by atoms with Crippen LogP contribution in [0.15, 0.2) is 42.5 Å². The number of hydrogen-bond donors (Lipinski definition) is 0. The summed E-state index contributed by atoms with van der Waals surface area (Å²) in [5.74, 6) is -0.783. The van der Waals surface area contributed by atoms with Gasteiger partial charge in [-0.2, -0.15) is 36.3 Å². The fraction of sp³-hybridized carbons (Fsp3) is 0.250. The molecule has 0 spiro atoms. The van der Waals surface area contributed by atoms with Gasteiger partial charge in [-0.15, -0.1) is 0 Å². The topological polar surface area (TPSA) is 75.6 Å².